The van der Waals surface area contributed by atoms with Crippen LogP contribution in [0, 0.1) is 31.5 Å². The van der Waals surface area contributed by atoms with Crippen molar-refractivity contribution in [2.45, 2.75) is 49.0 Å². The molecule has 6 nitrogen and oxygen atoms in total. The lowest BCUT2D eigenvalue weighted by molar-refractivity contribution is -0.376. The quantitative estimate of drug-likeness (QED) is 0.234. The fraction of sp³-hybridized carbons (Fsp3) is 0.281. The van der Waals surface area contributed by atoms with E-state index in [9.17, 15) is 44.8 Å². The van der Waals surface area contributed by atoms with Crippen LogP contribution in [0.5, 0.6) is 0 Å². The van der Waals surface area contributed by atoms with Crippen LogP contribution in [-0.2, 0) is 34.2 Å². The second-order valence-corrected chi connectivity index (χ2v) is 10.4. The van der Waals surface area contributed by atoms with E-state index in [4.69, 9.17) is 5.11 Å². The third-order valence-corrected chi connectivity index (χ3v) is 7.31. The highest BCUT2D eigenvalue weighted by atomic mass is 32.2. The number of hydrogen-bond donors (Lipinski definition) is 3. The first-order valence-corrected chi connectivity index (χ1v) is 14.1. The van der Waals surface area contributed by atoms with Crippen molar-refractivity contribution in [3.8, 4) is 25.7 Å². The van der Waals surface area contributed by atoms with Gasteiger partial charge in [0.2, 0.25) is 5.91 Å². The van der Waals surface area contributed by atoms with Gasteiger partial charge in [-0.3, -0.25) is 9.10 Å². The second-order valence-electron chi connectivity index (χ2n) is 9.03. The number of benzene rings is 3. The molecule has 4 N–H and O–H groups in total. The van der Waals surface area contributed by atoms with Crippen molar-refractivity contribution in [3.63, 3.8) is 0 Å². The van der Waals surface area contributed by atoms with Gasteiger partial charge in [0.1, 0.15) is 5.82 Å². The van der Waals surface area contributed by atoms with Crippen LogP contribution in [-0.4, -0.2) is 45.8 Å². The Kier molecular flexibility index (Phi) is 17.4. The molecule has 0 saturated heterocycles. The molecular formula is C32H33F7N2O4S. The number of carbonyl (C=O) groups excluding carboxylic acids is 1. The fourth-order valence-corrected chi connectivity index (χ4v) is 5.18. The van der Waals surface area contributed by atoms with Gasteiger partial charge in [-0.2, -0.15) is 26.3 Å². The number of terminal acetylenes is 2. The lowest BCUT2D eigenvalue weighted by Gasteiger charge is -2.35. The Morgan fingerprint density at radius 3 is 1.87 bits per heavy atom. The summed E-state index contributed by atoms with van der Waals surface area (Å²) in [6, 6.07) is 16.8. The molecule has 1 aliphatic rings. The summed E-state index contributed by atoms with van der Waals surface area (Å²) in [5, 5.41) is 18.1. The van der Waals surface area contributed by atoms with Crippen molar-refractivity contribution in [2.75, 3.05) is 17.5 Å². The number of aliphatic hydroxyl groups excluding tert-OH is 1. The van der Waals surface area contributed by atoms with E-state index in [-0.39, 0.29) is 41.6 Å². The van der Waals surface area contributed by atoms with Crippen LogP contribution >= 0.6 is 0 Å². The molecule has 3 aromatic rings. The van der Waals surface area contributed by atoms with E-state index in [1.54, 1.807) is 0 Å². The van der Waals surface area contributed by atoms with E-state index < -0.39 is 40.3 Å². The van der Waals surface area contributed by atoms with Gasteiger partial charge >= 0.3 is 12.4 Å². The Balaban J connectivity index is 0.000000983. The number of halogens is 7. The van der Waals surface area contributed by atoms with E-state index in [2.05, 4.69) is 31.4 Å². The predicted octanol–water partition coefficient (Wildman–Crippen LogP) is 5.83. The topological polar surface area (TPSA) is 104 Å². The molecule has 1 heterocycles. The molecule has 0 saturated carbocycles. The first-order valence-electron chi connectivity index (χ1n) is 13.0. The zero-order valence-corrected chi connectivity index (χ0v) is 25.4. The standard InChI is InChI=1S/C18H14F7NO2S.C8H10O.C2H5NO.2C2H2/c19-13-4-6-14(7-5-13)29(28)26-9-1-2-11-10-12(3-8-15(11)26)16(27,17(20,21)22)18(23,24)25;9-7-6-8-4-2-1-3-5-8;1-2(3)4;2*1-2/h3-8,10,27H,1-2,9H2;1-5,9H,6-7H2;1H3,(H2,3,4);2*1-2H. The molecule has 46 heavy (non-hydrogen) atoms. The van der Waals surface area contributed by atoms with Gasteiger partial charge in [-0.05, 0) is 60.7 Å². The van der Waals surface area contributed by atoms with Crippen LogP contribution in [0.2, 0.25) is 0 Å². The number of hydrogen-bond acceptors (Lipinski definition) is 4. The number of aryl methyl sites for hydroxylation is 1. The average molecular weight is 675 g/mol. The van der Waals surface area contributed by atoms with Gasteiger partial charge in [0.15, 0.2) is 11.0 Å². The van der Waals surface area contributed by atoms with Crippen molar-refractivity contribution in [1.82, 2.24) is 0 Å². The summed E-state index contributed by atoms with van der Waals surface area (Å²) in [5.74, 6) is -0.881. The van der Waals surface area contributed by atoms with Crippen molar-refractivity contribution < 1.29 is 49.9 Å². The van der Waals surface area contributed by atoms with Crippen molar-refractivity contribution in [3.05, 3.63) is 95.3 Å². The highest BCUT2D eigenvalue weighted by Gasteiger charge is 2.71. The summed E-state index contributed by atoms with van der Waals surface area (Å²) in [7, 11) is -1.84. The molecule has 0 bridgehead atoms. The van der Waals surface area contributed by atoms with Crippen LogP contribution in [0.3, 0.4) is 0 Å². The van der Waals surface area contributed by atoms with E-state index in [0.29, 0.717) is 18.6 Å². The highest BCUT2D eigenvalue weighted by Crippen LogP contribution is 2.50. The molecule has 0 radical (unpaired) electrons. The number of alkyl halides is 6. The maximum Gasteiger partial charge on any atom is 0.430 e. The van der Waals surface area contributed by atoms with Crippen molar-refractivity contribution in [1.29, 1.82) is 0 Å². The summed E-state index contributed by atoms with van der Waals surface area (Å²) in [4.78, 5) is 9.45. The third kappa shape index (κ3) is 11.5. The van der Waals surface area contributed by atoms with Crippen molar-refractivity contribution in [2.24, 2.45) is 5.73 Å². The van der Waals surface area contributed by atoms with E-state index in [1.807, 2.05) is 30.3 Å². The molecule has 4 rings (SSSR count). The largest absolute Gasteiger partial charge is 0.430 e. The monoisotopic (exact) mass is 674 g/mol. The lowest BCUT2D eigenvalue weighted by Crippen LogP contribution is -2.54. The number of primary amides is 1. The molecule has 3 aromatic carbocycles. The molecule has 0 aliphatic carbocycles. The number of fused-ring (bicyclic) bond motifs is 1. The summed E-state index contributed by atoms with van der Waals surface area (Å²) >= 11 is 0. The first-order chi connectivity index (χ1) is 21.5. The number of nitrogens with zero attached hydrogens (tertiary/aromatic N) is 1. The van der Waals surface area contributed by atoms with Crippen molar-refractivity contribution >= 4 is 22.6 Å². The molecule has 1 atom stereocenters. The summed E-state index contributed by atoms with van der Waals surface area (Å²) in [6.07, 6.45) is 5.27. The van der Waals surface area contributed by atoms with Crippen LogP contribution in [0.25, 0.3) is 0 Å². The molecule has 14 heteroatoms. The third-order valence-electron chi connectivity index (χ3n) is 5.85. The lowest BCUT2D eigenvalue weighted by atomic mass is 9.89. The minimum absolute atomic E-state index is 0.0936. The number of rotatable bonds is 5. The minimum atomic E-state index is -5.98. The zero-order chi connectivity index (χ0) is 35.7. The Hall–Kier alpha value is -4.37. The Morgan fingerprint density at radius 2 is 1.41 bits per heavy atom. The van der Waals surface area contributed by atoms with Gasteiger partial charge in [0.05, 0.1) is 10.6 Å². The van der Waals surface area contributed by atoms with E-state index in [1.165, 1.54) is 28.9 Å². The van der Waals surface area contributed by atoms with Gasteiger partial charge in [-0.25, -0.2) is 8.60 Å². The predicted molar refractivity (Wildman–Crippen MR) is 163 cm³/mol. The maximum atomic E-state index is 13.1. The summed E-state index contributed by atoms with van der Waals surface area (Å²) in [5.41, 5.74) is -0.427. The van der Waals surface area contributed by atoms with Gasteiger partial charge in [-0.1, -0.05) is 42.5 Å². The molecule has 0 spiro atoms. The van der Waals surface area contributed by atoms with Gasteiger partial charge in [0, 0.05) is 25.6 Å². The SMILES string of the molecule is C#C.C#C.CC(N)=O.O=S(c1ccc(F)cc1)N1CCCc2cc(C(O)(C(F)(F)F)C(F)(F)F)ccc21.OCCc1ccccc1. The van der Waals surface area contributed by atoms with Gasteiger partial charge in [0.25, 0.3) is 5.60 Å². The minimum Gasteiger partial charge on any atom is -0.396 e. The molecule has 1 amide bonds. The molecule has 1 aliphatic heterocycles. The number of aliphatic hydroxyl groups is 2. The maximum absolute atomic E-state index is 13.1. The molecule has 250 valence electrons. The summed E-state index contributed by atoms with van der Waals surface area (Å²) in [6.45, 7) is 1.78. The van der Waals surface area contributed by atoms with E-state index >= 15 is 0 Å². The first kappa shape index (κ1) is 41.6. The van der Waals surface area contributed by atoms with Crippen LogP contribution in [0.15, 0.2) is 77.7 Å². The Labute approximate surface area is 265 Å². The highest BCUT2D eigenvalue weighted by molar-refractivity contribution is 7.86. The zero-order valence-electron chi connectivity index (χ0n) is 24.6. The van der Waals surface area contributed by atoms with Crippen LogP contribution in [0.4, 0.5) is 36.4 Å². The van der Waals surface area contributed by atoms with Crippen LogP contribution in [0.1, 0.15) is 30.0 Å². The number of carbonyl (C=O) groups is 1. The summed E-state index contributed by atoms with van der Waals surface area (Å²) < 4.78 is 106. The number of nitrogens with two attached hydrogens (primary N) is 1. The van der Waals surface area contributed by atoms with Crippen LogP contribution < -0.4 is 10.0 Å². The number of amides is 1. The normalized spacial score (nSPS) is 12.9. The smallest absolute Gasteiger partial charge is 0.396 e. The van der Waals surface area contributed by atoms with Gasteiger partial charge in [-0.15, -0.1) is 25.7 Å². The van der Waals surface area contributed by atoms with Gasteiger partial charge < -0.3 is 15.9 Å². The fourth-order valence-electron chi connectivity index (χ4n) is 3.90. The van der Waals surface area contributed by atoms with E-state index in [0.717, 1.165) is 24.6 Å². The molecule has 0 aromatic heterocycles. The molecule has 0 fully saturated rings. The molecular weight excluding hydrogens is 641 g/mol. The Morgan fingerprint density at radius 1 is 0.913 bits per heavy atom. The molecule has 1 unspecified atom stereocenters. The average Bonchev–Trinajstić information content (AvgIpc) is 3.02. The number of anilines is 1. The second kappa shape index (κ2) is 19.2. The Bertz CT molecular complexity index is 1400.